The van der Waals surface area contributed by atoms with Crippen molar-refractivity contribution in [3.63, 3.8) is 0 Å². The van der Waals surface area contributed by atoms with Gasteiger partial charge >= 0.3 is 12.1 Å². The minimum atomic E-state index is -0.714. The Morgan fingerprint density at radius 2 is 1.61 bits per heavy atom. The molecule has 5 heteroatoms. The molecule has 1 amide bonds. The highest BCUT2D eigenvalue weighted by Gasteiger charge is 2.50. The van der Waals surface area contributed by atoms with Gasteiger partial charge in [0.05, 0.1) is 5.92 Å². The third-order valence-corrected chi connectivity index (χ3v) is 6.82. The van der Waals surface area contributed by atoms with Crippen LogP contribution in [0.2, 0.25) is 0 Å². The molecule has 3 aliphatic carbocycles. The van der Waals surface area contributed by atoms with Crippen LogP contribution in [0.5, 0.6) is 0 Å². The number of carbonyl (C=O) groups excluding carboxylic acids is 1. The molecule has 2 N–H and O–H groups in total. The summed E-state index contributed by atoms with van der Waals surface area (Å²) in [4.78, 5) is 23.6. The standard InChI is InChI=1S/C23H23NO4/c25-22(26)14-9-13-11-21(19(13)10-14)24-23(27)28-12-20-17-7-3-1-5-15(17)16-6-2-4-8-18(16)20/h1-8,13-14,19-21H,9-12H2,(H,24,27)(H,25,26)/t13-,14?,19-,21-/m1/s1. The van der Waals surface area contributed by atoms with Gasteiger partial charge in [-0.25, -0.2) is 4.79 Å². The van der Waals surface area contributed by atoms with Gasteiger partial charge in [-0.1, -0.05) is 48.5 Å². The molecule has 5 rings (SSSR count). The molecule has 3 aliphatic rings. The first-order chi connectivity index (χ1) is 13.6. The van der Waals surface area contributed by atoms with Crippen molar-refractivity contribution in [2.45, 2.75) is 31.2 Å². The minimum absolute atomic E-state index is 0.0463. The van der Waals surface area contributed by atoms with E-state index in [1.54, 1.807) is 0 Å². The zero-order chi connectivity index (χ0) is 19.3. The van der Waals surface area contributed by atoms with Gasteiger partial charge in [0, 0.05) is 12.0 Å². The molecule has 2 aromatic rings. The molecular weight excluding hydrogens is 354 g/mol. The zero-order valence-corrected chi connectivity index (χ0v) is 15.5. The number of fused-ring (bicyclic) bond motifs is 4. The minimum Gasteiger partial charge on any atom is -0.481 e. The van der Waals surface area contributed by atoms with Crippen molar-refractivity contribution < 1.29 is 19.4 Å². The summed E-state index contributed by atoms with van der Waals surface area (Å²) < 4.78 is 5.60. The molecular formula is C23H23NO4. The second-order valence-corrected chi connectivity index (χ2v) is 8.24. The lowest BCUT2D eigenvalue weighted by Crippen LogP contribution is -2.50. The van der Waals surface area contributed by atoms with E-state index in [2.05, 4.69) is 29.6 Å². The second-order valence-electron chi connectivity index (χ2n) is 8.24. The van der Waals surface area contributed by atoms with E-state index >= 15 is 0 Å². The Balaban J connectivity index is 1.22. The summed E-state index contributed by atoms with van der Waals surface area (Å²) in [7, 11) is 0. The maximum Gasteiger partial charge on any atom is 0.407 e. The number of amides is 1. The number of ether oxygens (including phenoxy) is 1. The van der Waals surface area contributed by atoms with E-state index in [1.807, 2.05) is 24.3 Å². The number of nitrogens with one attached hydrogen (secondary N) is 1. The van der Waals surface area contributed by atoms with Crippen LogP contribution in [0, 0.1) is 17.8 Å². The van der Waals surface area contributed by atoms with Gasteiger partial charge in [-0.15, -0.1) is 0 Å². The Morgan fingerprint density at radius 3 is 2.25 bits per heavy atom. The number of carboxylic acids is 1. The number of carbonyl (C=O) groups is 2. The third-order valence-electron chi connectivity index (χ3n) is 6.82. The highest BCUT2D eigenvalue weighted by molar-refractivity contribution is 5.79. The van der Waals surface area contributed by atoms with Crippen molar-refractivity contribution in [2.75, 3.05) is 6.61 Å². The van der Waals surface area contributed by atoms with E-state index in [9.17, 15) is 14.7 Å². The van der Waals surface area contributed by atoms with Crippen LogP contribution in [-0.2, 0) is 9.53 Å². The zero-order valence-electron chi connectivity index (χ0n) is 15.5. The van der Waals surface area contributed by atoms with Crippen LogP contribution in [0.4, 0.5) is 4.79 Å². The van der Waals surface area contributed by atoms with Crippen molar-refractivity contribution in [3.05, 3.63) is 59.7 Å². The van der Waals surface area contributed by atoms with E-state index in [-0.39, 0.29) is 23.8 Å². The summed E-state index contributed by atoms with van der Waals surface area (Å²) in [5.41, 5.74) is 4.81. The quantitative estimate of drug-likeness (QED) is 0.844. The van der Waals surface area contributed by atoms with E-state index in [0.29, 0.717) is 18.9 Å². The molecule has 1 unspecified atom stereocenters. The summed E-state index contributed by atoms with van der Waals surface area (Å²) >= 11 is 0. The van der Waals surface area contributed by atoms with E-state index in [4.69, 9.17) is 4.74 Å². The molecule has 2 fully saturated rings. The Bertz CT molecular complexity index is 894. The van der Waals surface area contributed by atoms with Gasteiger partial charge in [0.15, 0.2) is 0 Å². The van der Waals surface area contributed by atoms with Gasteiger partial charge in [-0.05, 0) is 53.4 Å². The lowest BCUT2D eigenvalue weighted by Gasteiger charge is -2.40. The fourth-order valence-corrected chi connectivity index (χ4v) is 5.39. The van der Waals surface area contributed by atoms with E-state index in [1.165, 1.54) is 22.3 Å². The van der Waals surface area contributed by atoms with Crippen molar-refractivity contribution in [1.82, 2.24) is 5.32 Å². The molecule has 0 heterocycles. The fraction of sp³-hybridized carbons (Fsp3) is 0.391. The number of rotatable bonds is 4. The molecule has 0 saturated heterocycles. The topological polar surface area (TPSA) is 75.6 Å². The van der Waals surface area contributed by atoms with Gasteiger partial charge in [0.2, 0.25) is 0 Å². The Labute approximate surface area is 163 Å². The van der Waals surface area contributed by atoms with Crippen LogP contribution in [0.15, 0.2) is 48.5 Å². The first-order valence-electron chi connectivity index (χ1n) is 9.96. The normalized spacial score (nSPS) is 27.3. The van der Waals surface area contributed by atoms with Crippen LogP contribution in [-0.4, -0.2) is 29.8 Å². The third kappa shape index (κ3) is 2.77. The van der Waals surface area contributed by atoms with Crippen molar-refractivity contribution >= 4 is 12.1 Å². The van der Waals surface area contributed by atoms with Gasteiger partial charge in [-0.3, -0.25) is 4.79 Å². The number of hydrogen-bond donors (Lipinski definition) is 2. The molecule has 4 atom stereocenters. The monoisotopic (exact) mass is 377 g/mol. The molecule has 144 valence electrons. The van der Waals surface area contributed by atoms with E-state index < -0.39 is 12.1 Å². The van der Waals surface area contributed by atoms with Crippen LogP contribution in [0.1, 0.15) is 36.3 Å². The summed E-state index contributed by atoms with van der Waals surface area (Å²) in [6, 6.07) is 16.6. The van der Waals surface area contributed by atoms with Crippen LogP contribution >= 0.6 is 0 Å². The molecule has 0 aromatic heterocycles. The van der Waals surface area contributed by atoms with E-state index in [0.717, 1.165) is 12.8 Å². The fourth-order valence-electron chi connectivity index (χ4n) is 5.39. The summed E-state index contributed by atoms with van der Waals surface area (Å²) in [6.07, 6.45) is 1.86. The van der Waals surface area contributed by atoms with Gasteiger partial charge < -0.3 is 15.2 Å². The van der Waals surface area contributed by atoms with Crippen molar-refractivity contribution in [3.8, 4) is 11.1 Å². The highest BCUT2D eigenvalue weighted by Crippen LogP contribution is 2.50. The maximum atomic E-state index is 12.4. The lowest BCUT2D eigenvalue weighted by atomic mass is 9.71. The largest absolute Gasteiger partial charge is 0.481 e. The summed E-state index contributed by atoms with van der Waals surface area (Å²) in [6.45, 7) is 0.304. The van der Waals surface area contributed by atoms with Crippen molar-refractivity contribution in [1.29, 1.82) is 0 Å². The molecule has 2 aromatic carbocycles. The smallest absolute Gasteiger partial charge is 0.407 e. The number of hydrogen-bond acceptors (Lipinski definition) is 3. The molecule has 0 radical (unpaired) electrons. The molecule has 0 aliphatic heterocycles. The van der Waals surface area contributed by atoms with Crippen LogP contribution in [0.3, 0.4) is 0 Å². The predicted molar refractivity (Wildman–Crippen MR) is 104 cm³/mol. The Hall–Kier alpha value is -2.82. The molecule has 28 heavy (non-hydrogen) atoms. The molecule has 0 bridgehead atoms. The number of carboxylic acid groups (broad SMARTS) is 1. The average Bonchev–Trinajstić information content (AvgIpc) is 3.20. The van der Waals surface area contributed by atoms with Gasteiger partial charge in [0.1, 0.15) is 6.61 Å². The lowest BCUT2D eigenvalue weighted by molar-refractivity contribution is -0.141. The second kappa shape index (κ2) is 6.66. The Kier molecular flexibility index (Phi) is 4.11. The van der Waals surface area contributed by atoms with Gasteiger partial charge in [0.25, 0.3) is 0 Å². The summed E-state index contributed by atoms with van der Waals surface area (Å²) in [5, 5.41) is 12.2. The Morgan fingerprint density at radius 1 is 0.964 bits per heavy atom. The number of alkyl carbamates (subject to hydrolysis) is 1. The molecule has 0 spiro atoms. The van der Waals surface area contributed by atoms with Crippen molar-refractivity contribution in [2.24, 2.45) is 17.8 Å². The van der Waals surface area contributed by atoms with Crippen LogP contribution < -0.4 is 5.32 Å². The molecule has 5 nitrogen and oxygen atoms in total. The SMILES string of the molecule is O=C(N[C@@H]1C[C@H]2CC(C(=O)O)C[C@H]21)OCC1c2ccccc2-c2ccccc21. The first kappa shape index (κ1) is 17.3. The average molecular weight is 377 g/mol. The maximum absolute atomic E-state index is 12.4. The number of aliphatic carboxylic acids is 1. The van der Waals surface area contributed by atoms with Crippen LogP contribution in [0.25, 0.3) is 11.1 Å². The highest BCUT2D eigenvalue weighted by atomic mass is 16.5. The molecule has 2 saturated carbocycles. The summed E-state index contributed by atoms with van der Waals surface area (Å²) in [5.74, 6) is -0.213. The number of benzene rings is 2. The first-order valence-corrected chi connectivity index (χ1v) is 9.96. The van der Waals surface area contributed by atoms with Gasteiger partial charge in [-0.2, -0.15) is 0 Å². The predicted octanol–water partition coefficient (Wildman–Crippen LogP) is 4.02.